The Balaban J connectivity index is 1.47. The van der Waals surface area contributed by atoms with Crippen LogP contribution in [0, 0.1) is 10.1 Å². The summed E-state index contributed by atoms with van der Waals surface area (Å²) >= 11 is 7.24. The molecule has 28 heavy (non-hydrogen) atoms. The van der Waals surface area contributed by atoms with Gasteiger partial charge in [0, 0.05) is 51.0 Å². The number of carbonyl (C=O) groups is 1. The van der Waals surface area contributed by atoms with Gasteiger partial charge in [0.05, 0.1) is 14.1 Å². The van der Waals surface area contributed by atoms with E-state index in [1.54, 1.807) is 18.2 Å². The van der Waals surface area contributed by atoms with Crippen LogP contribution >= 0.6 is 22.9 Å². The summed E-state index contributed by atoms with van der Waals surface area (Å²) in [6.07, 6.45) is 2.13. The summed E-state index contributed by atoms with van der Waals surface area (Å²) in [5.74, 6) is 0.0120. The van der Waals surface area contributed by atoms with Crippen LogP contribution in [0.3, 0.4) is 0 Å². The molecule has 7 nitrogen and oxygen atoms in total. The van der Waals surface area contributed by atoms with Crippen LogP contribution in [-0.2, 0) is 0 Å². The third kappa shape index (κ3) is 3.79. The second-order valence-corrected chi connectivity index (χ2v) is 8.72. The first-order valence-electron chi connectivity index (χ1n) is 9.36. The van der Waals surface area contributed by atoms with E-state index in [1.807, 2.05) is 17.0 Å². The third-order valence-electron chi connectivity index (χ3n) is 5.32. The number of halogens is 1. The highest BCUT2D eigenvalue weighted by atomic mass is 35.5. The van der Waals surface area contributed by atoms with E-state index in [-0.39, 0.29) is 16.5 Å². The van der Waals surface area contributed by atoms with E-state index in [4.69, 9.17) is 11.6 Å². The Morgan fingerprint density at radius 3 is 2.32 bits per heavy atom. The molecule has 2 aliphatic heterocycles. The average molecular weight is 421 g/mol. The molecule has 3 heterocycles. The van der Waals surface area contributed by atoms with Gasteiger partial charge in [0.2, 0.25) is 0 Å². The SMILES string of the molecule is O=C(c1ccc(Cl)s1)N1CCN(c2ccc([N+](=O)[O-])c(N3CCCC3)c2)CC1. The molecule has 9 heteroatoms. The highest BCUT2D eigenvalue weighted by Gasteiger charge is 2.26. The minimum Gasteiger partial charge on any atom is -0.368 e. The number of anilines is 2. The van der Waals surface area contributed by atoms with Gasteiger partial charge in [0.25, 0.3) is 11.6 Å². The van der Waals surface area contributed by atoms with Gasteiger partial charge in [-0.25, -0.2) is 0 Å². The van der Waals surface area contributed by atoms with Crippen LogP contribution in [0.25, 0.3) is 0 Å². The molecule has 0 spiro atoms. The smallest absolute Gasteiger partial charge is 0.292 e. The predicted molar refractivity (Wildman–Crippen MR) is 112 cm³/mol. The lowest BCUT2D eigenvalue weighted by Crippen LogP contribution is -2.48. The van der Waals surface area contributed by atoms with Crippen LogP contribution in [-0.4, -0.2) is 55.0 Å². The molecule has 0 atom stereocenters. The van der Waals surface area contributed by atoms with E-state index in [0.29, 0.717) is 41.1 Å². The van der Waals surface area contributed by atoms with Crippen molar-refractivity contribution in [3.63, 3.8) is 0 Å². The zero-order valence-electron chi connectivity index (χ0n) is 15.3. The van der Waals surface area contributed by atoms with Gasteiger partial charge >= 0.3 is 0 Å². The topological polar surface area (TPSA) is 69.9 Å². The maximum atomic E-state index is 12.6. The first kappa shape index (κ1) is 19.0. The molecule has 4 rings (SSSR count). The molecule has 2 aromatic rings. The van der Waals surface area contributed by atoms with E-state index in [9.17, 15) is 14.9 Å². The van der Waals surface area contributed by atoms with E-state index >= 15 is 0 Å². The number of nitro groups is 1. The van der Waals surface area contributed by atoms with Gasteiger partial charge in [-0.2, -0.15) is 0 Å². The molecule has 2 aliphatic rings. The van der Waals surface area contributed by atoms with Gasteiger partial charge < -0.3 is 14.7 Å². The van der Waals surface area contributed by atoms with Crippen molar-refractivity contribution in [3.05, 3.63) is 49.7 Å². The van der Waals surface area contributed by atoms with E-state index < -0.39 is 0 Å². The molecule has 2 fully saturated rings. The van der Waals surface area contributed by atoms with Crippen LogP contribution < -0.4 is 9.80 Å². The zero-order chi connectivity index (χ0) is 19.7. The second-order valence-electron chi connectivity index (χ2n) is 7.01. The average Bonchev–Trinajstić information content (AvgIpc) is 3.39. The van der Waals surface area contributed by atoms with Crippen LogP contribution in [0.15, 0.2) is 30.3 Å². The van der Waals surface area contributed by atoms with Gasteiger partial charge in [-0.15, -0.1) is 11.3 Å². The molecule has 0 N–H and O–H groups in total. The van der Waals surface area contributed by atoms with Crippen molar-refractivity contribution < 1.29 is 9.72 Å². The minimum absolute atomic E-state index is 0.0120. The number of amides is 1. The van der Waals surface area contributed by atoms with Gasteiger partial charge in [0.1, 0.15) is 5.69 Å². The Bertz CT molecular complexity index is 889. The van der Waals surface area contributed by atoms with Crippen molar-refractivity contribution >= 4 is 45.9 Å². The fourth-order valence-corrected chi connectivity index (χ4v) is 4.84. The predicted octanol–water partition coefficient (Wildman–Crippen LogP) is 3.87. The summed E-state index contributed by atoms with van der Waals surface area (Å²) in [7, 11) is 0. The molecule has 0 aliphatic carbocycles. The zero-order valence-corrected chi connectivity index (χ0v) is 16.9. The van der Waals surface area contributed by atoms with Crippen LogP contribution in [0.1, 0.15) is 22.5 Å². The van der Waals surface area contributed by atoms with Gasteiger partial charge in [-0.05, 0) is 37.1 Å². The second kappa shape index (κ2) is 7.97. The van der Waals surface area contributed by atoms with Crippen LogP contribution in [0.5, 0.6) is 0 Å². The normalized spacial score (nSPS) is 17.2. The largest absolute Gasteiger partial charge is 0.368 e. The minimum atomic E-state index is -0.305. The highest BCUT2D eigenvalue weighted by molar-refractivity contribution is 7.17. The highest BCUT2D eigenvalue weighted by Crippen LogP contribution is 2.35. The van der Waals surface area contributed by atoms with Crippen molar-refractivity contribution in [1.82, 2.24) is 4.90 Å². The Morgan fingerprint density at radius 2 is 1.71 bits per heavy atom. The molecular formula is C19H21ClN4O3S. The lowest BCUT2D eigenvalue weighted by molar-refractivity contribution is -0.384. The van der Waals surface area contributed by atoms with Crippen molar-refractivity contribution in [2.45, 2.75) is 12.8 Å². The number of hydrogen-bond acceptors (Lipinski definition) is 6. The number of thiophene rings is 1. The lowest BCUT2D eigenvalue weighted by atomic mass is 10.2. The van der Waals surface area contributed by atoms with Crippen molar-refractivity contribution in [2.75, 3.05) is 49.1 Å². The molecule has 0 saturated carbocycles. The third-order valence-corrected chi connectivity index (χ3v) is 6.54. The summed E-state index contributed by atoms with van der Waals surface area (Å²) in [4.78, 5) is 30.5. The number of carbonyl (C=O) groups excluding carboxylic acids is 1. The molecular weight excluding hydrogens is 400 g/mol. The summed E-state index contributed by atoms with van der Waals surface area (Å²) in [5, 5.41) is 11.4. The number of benzene rings is 1. The van der Waals surface area contributed by atoms with E-state index in [0.717, 1.165) is 31.6 Å². The molecule has 0 unspecified atom stereocenters. The number of nitro benzene ring substituents is 1. The summed E-state index contributed by atoms with van der Waals surface area (Å²) in [6.45, 7) is 4.34. The Morgan fingerprint density at radius 1 is 1.00 bits per heavy atom. The molecule has 1 aromatic carbocycles. The summed E-state index contributed by atoms with van der Waals surface area (Å²) in [6, 6.07) is 8.86. The summed E-state index contributed by atoms with van der Waals surface area (Å²) in [5.41, 5.74) is 1.83. The first-order valence-corrected chi connectivity index (χ1v) is 10.6. The van der Waals surface area contributed by atoms with Crippen molar-refractivity contribution in [3.8, 4) is 0 Å². The molecule has 2 saturated heterocycles. The number of rotatable bonds is 4. The van der Waals surface area contributed by atoms with Crippen LogP contribution in [0.2, 0.25) is 4.34 Å². The number of piperazine rings is 1. The first-order chi connectivity index (χ1) is 13.5. The van der Waals surface area contributed by atoms with Crippen molar-refractivity contribution in [2.24, 2.45) is 0 Å². The van der Waals surface area contributed by atoms with Crippen molar-refractivity contribution in [1.29, 1.82) is 0 Å². The summed E-state index contributed by atoms with van der Waals surface area (Å²) < 4.78 is 0.613. The molecule has 0 bridgehead atoms. The maximum Gasteiger partial charge on any atom is 0.292 e. The number of nitrogens with zero attached hydrogens (tertiary/aromatic N) is 4. The molecule has 1 aromatic heterocycles. The molecule has 1 amide bonds. The Kier molecular flexibility index (Phi) is 5.41. The fourth-order valence-electron chi connectivity index (χ4n) is 3.83. The Labute approximate surface area is 172 Å². The van der Waals surface area contributed by atoms with E-state index in [2.05, 4.69) is 9.80 Å². The number of hydrogen-bond donors (Lipinski definition) is 0. The Hall–Kier alpha value is -2.32. The quantitative estimate of drug-likeness (QED) is 0.554. The molecule has 148 valence electrons. The fraction of sp³-hybridized carbons (Fsp3) is 0.421. The van der Waals surface area contributed by atoms with Gasteiger partial charge in [-0.1, -0.05) is 11.6 Å². The van der Waals surface area contributed by atoms with E-state index in [1.165, 1.54) is 11.3 Å². The monoisotopic (exact) mass is 420 g/mol. The van der Waals surface area contributed by atoms with Crippen LogP contribution in [0.4, 0.5) is 17.1 Å². The van der Waals surface area contributed by atoms with Gasteiger partial charge in [0.15, 0.2) is 0 Å². The maximum absolute atomic E-state index is 12.6. The van der Waals surface area contributed by atoms with Gasteiger partial charge in [-0.3, -0.25) is 14.9 Å². The lowest BCUT2D eigenvalue weighted by Gasteiger charge is -2.36. The standard InChI is InChI=1S/C19H21ClN4O3S/c20-18-6-5-17(28-18)19(25)23-11-9-21(10-12-23)14-3-4-15(24(26)27)16(13-14)22-7-1-2-8-22/h3-6,13H,1-2,7-12H2. The molecule has 0 radical (unpaired) electrons.